The first kappa shape index (κ1) is 14.7. The summed E-state index contributed by atoms with van der Waals surface area (Å²) in [6.45, 7) is -3.00. The van der Waals surface area contributed by atoms with Crippen LogP contribution in [0.1, 0.15) is 10.4 Å². The van der Waals surface area contributed by atoms with E-state index in [9.17, 15) is 13.6 Å². The number of alkyl halides is 2. The van der Waals surface area contributed by atoms with Crippen molar-refractivity contribution in [3.05, 3.63) is 48.2 Å². The zero-order valence-electron chi connectivity index (χ0n) is 11.0. The van der Waals surface area contributed by atoms with Crippen LogP contribution < -0.4 is 14.8 Å². The van der Waals surface area contributed by atoms with Gasteiger partial charge in [0.15, 0.2) is 0 Å². The molecule has 2 aromatic rings. The zero-order valence-corrected chi connectivity index (χ0v) is 11.0. The minimum Gasteiger partial charge on any atom is -0.481 e. The molecule has 0 radical (unpaired) electrons. The first-order valence-corrected chi connectivity index (χ1v) is 5.95. The summed E-state index contributed by atoms with van der Waals surface area (Å²) in [6.07, 6.45) is 1.40. The number of nitrogens with zero attached hydrogens (tertiary/aromatic N) is 1. The van der Waals surface area contributed by atoms with Crippen LogP contribution in [0.15, 0.2) is 42.6 Å². The summed E-state index contributed by atoms with van der Waals surface area (Å²) in [5.41, 5.74) is 0.418. The third-order valence-electron chi connectivity index (χ3n) is 2.55. The van der Waals surface area contributed by atoms with Crippen molar-refractivity contribution in [2.75, 3.05) is 12.4 Å². The number of hydrogen-bond acceptors (Lipinski definition) is 4. The summed E-state index contributed by atoms with van der Waals surface area (Å²) >= 11 is 0. The smallest absolute Gasteiger partial charge is 0.387 e. The monoisotopic (exact) mass is 294 g/mol. The van der Waals surface area contributed by atoms with Crippen LogP contribution in [-0.4, -0.2) is 24.6 Å². The molecule has 1 N–H and O–H groups in total. The number of aromatic nitrogens is 1. The van der Waals surface area contributed by atoms with Crippen LogP contribution in [0.5, 0.6) is 11.6 Å². The van der Waals surface area contributed by atoms with Gasteiger partial charge in [0, 0.05) is 6.07 Å². The molecule has 110 valence electrons. The lowest BCUT2D eigenvalue weighted by molar-refractivity contribution is -0.0501. The fourth-order valence-electron chi connectivity index (χ4n) is 1.63. The van der Waals surface area contributed by atoms with Crippen molar-refractivity contribution in [1.29, 1.82) is 0 Å². The first-order valence-electron chi connectivity index (χ1n) is 5.95. The number of anilines is 1. The summed E-state index contributed by atoms with van der Waals surface area (Å²) in [4.78, 5) is 16.0. The minimum absolute atomic E-state index is 0.00798. The molecule has 0 aliphatic rings. The van der Waals surface area contributed by atoms with E-state index >= 15 is 0 Å². The quantitative estimate of drug-likeness (QED) is 0.921. The van der Waals surface area contributed by atoms with Crippen molar-refractivity contribution in [3.63, 3.8) is 0 Å². The molecule has 7 heteroatoms. The van der Waals surface area contributed by atoms with Gasteiger partial charge in [-0.15, -0.1) is 0 Å². The number of amides is 1. The second kappa shape index (κ2) is 6.65. The van der Waals surface area contributed by atoms with Gasteiger partial charge in [-0.3, -0.25) is 4.79 Å². The maximum Gasteiger partial charge on any atom is 0.387 e. The second-order valence-corrected chi connectivity index (χ2v) is 3.92. The first-order chi connectivity index (χ1) is 10.1. The molecule has 1 amide bonds. The van der Waals surface area contributed by atoms with Crippen molar-refractivity contribution in [2.24, 2.45) is 0 Å². The van der Waals surface area contributed by atoms with E-state index in [-0.39, 0.29) is 11.3 Å². The van der Waals surface area contributed by atoms with Gasteiger partial charge in [-0.25, -0.2) is 4.98 Å². The maximum atomic E-state index is 12.3. The lowest BCUT2D eigenvalue weighted by atomic mass is 10.2. The molecule has 21 heavy (non-hydrogen) atoms. The molecule has 0 bridgehead atoms. The van der Waals surface area contributed by atoms with Gasteiger partial charge in [-0.2, -0.15) is 8.78 Å². The standard InChI is InChI=1S/C14H12F2N2O3/c1-20-12-7-6-9(8-17-12)18-13(19)10-4-2-3-5-11(10)21-14(15)16/h2-8,14H,1H3,(H,18,19). The van der Waals surface area contributed by atoms with Crippen LogP contribution in [0.3, 0.4) is 0 Å². The Hall–Kier alpha value is -2.70. The van der Waals surface area contributed by atoms with Crippen LogP contribution in [0.2, 0.25) is 0 Å². The predicted molar refractivity (Wildman–Crippen MR) is 71.8 cm³/mol. The third kappa shape index (κ3) is 3.88. The number of halogens is 2. The number of rotatable bonds is 5. The number of carbonyl (C=O) groups excluding carboxylic acids is 1. The van der Waals surface area contributed by atoms with E-state index in [1.165, 1.54) is 31.5 Å². The molecule has 0 saturated carbocycles. The number of ether oxygens (including phenoxy) is 2. The van der Waals surface area contributed by atoms with Crippen LogP contribution in [0.25, 0.3) is 0 Å². The third-order valence-corrected chi connectivity index (χ3v) is 2.55. The molecule has 0 spiro atoms. The average molecular weight is 294 g/mol. The molecule has 0 fully saturated rings. The van der Waals surface area contributed by atoms with Crippen molar-refractivity contribution in [2.45, 2.75) is 6.61 Å². The lowest BCUT2D eigenvalue weighted by Crippen LogP contribution is -2.15. The highest BCUT2D eigenvalue weighted by molar-refractivity contribution is 6.06. The zero-order chi connectivity index (χ0) is 15.2. The summed E-state index contributed by atoms with van der Waals surface area (Å²) in [5.74, 6) is -0.362. The van der Waals surface area contributed by atoms with Crippen LogP contribution >= 0.6 is 0 Å². The molecule has 2 rings (SSSR count). The highest BCUT2D eigenvalue weighted by atomic mass is 19.3. The number of benzene rings is 1. The lowest BCUT2D eigenvalue weighted by Gasteiger charge is -2.10. The minimum atomic E-state index is -3.00. The summed E-state index contributed by atoms with van der Waals surface area (Å²) < 4.78 is 33.8. The van der Waals surface area contributed by atoms with Crippen LogP contribution in [-0.2, 0) is 0 Å². The number of methoxy groups -OCH3 is 1. The molecular formula is C14H12F2N2O3. The van der Waals surface area contributed by atoms with Gasteiger partial charge >= 0.3 is 6.61 Å². The molecule has 0 atom stereocenters. The van der Waals surface area contributed by atoms with E-state index in [1.54, 1.807) is 18.2 Å². The fourth-order valence-corrected chi connectivity index (χ4v) is 1.63. The molecule has 1 aromatic carbocycles. The van der Waals surface area contributed by atoms with E-state index < -0.39 is 12.5 Å². The molecule has 0 saturated heterocycles. The summed E-state index contributed by atoms with van der Waals surface area (Å²) in [5, 5.41) is 2.54. The number of hydrogen-bond donors (Lipinski definition) is 1. The van der Waals surface area contributed by atoms with Gasteiger partial charge in [0.1, 0.15) is 5.75 Å². The van der Waals surface area contributed by atoms with E-state index in [1.807, 2.05) is 0 Å². The molecule has 0 aliphatic carbocycles. The van der Waals surface area contributed by atoms with E-state index in [2.05, 4.69) is 15.0 Å². The van der Waals surface area contributed by atoms with Gasteiger partial charge in [0.2, 0.25) is 5.88 Å². The van der Waals surface area contributed by atoms with Crippen molar-refractivity contribution in [3.8, 4) is 11.6 Å². The topological polar surface area (TPSA) is 60.5 Å². The Morgan fingerprint density at radius 3 is 2.62 bits per heavy atom. The van der Waals surface area contributed by atoms with E-state index in [4.69, 9.17) is 4.74 Å². The van der Waals surface area contributed by atoms with Gasteiger partial charge in [0.25, 0.3) is 5.91 Å². The van der Waals surface area contributed by atoms with Gasteiger partial charge in [0.05, 0.1) is 24.6 Å². The van der Waals surface area contributed by atoms with E-state index in [0.29, 0.717) is 11.6 Å². The van der Waals surface area contributed by atoms with Gasteiger partial charge in [-0.1, -0.05) is 12.1 Å². The normalized spacial score (nSPS) is 10.3. The fraction of sp³-hybridized carbons (Fsp3) is 0.143. The predicted octanol–water partition coefficient (Wildman–Crippen LogP) is 2.94. The van der Waals surface area contributed by atoms with Crippen molar-refractivity contribution in [1.82, 2.24) is 4.98 Å². The number of pyridine rings is 1. The van der Waals surface area contributed by atoms with E-state index in [0.717, 1.165) is 0 Å². The van der Waals surface area contributed by atoms with Gasteiger partial charge in [-0.05, 0) is 18.2 Å². The molecular weight excluding hydrogens is 282 g/mol. The Labute approximate surface area is 119 Å². The molecule has 0 unspecified atom stereocenters. The average Bonchev–Trinajstić information content (AvgIpc) is 2.48. The maximum absolute atomic E-state index is 12.3. The molecule has 0 aliphatic heterocycles. The highest BCUT2D eigenvalue weighted by Gasteiger charge is 2.15. The second-order valence-electron chi connectivity index (χ2n) is 3.92. The Kier molecular flexibility index (Phi) is 4.65. The largest absolute Gasteiger partial charge is 0.481 e. The summed E-state index contributed by atoms with van der Waals surface area (Å²) in [7, 11) is 1.47. The Morgan fingerprint density at radius 2 is 2.00 bits per heavy atom. The summed E-state index contributed by atoms with van der Waals surface area (Å²) in [6, 6.07) is 8.90. The Bertz CT molecular complexity index is 618. The Balaban J connectivity index is 2.16. The molecule has 1 heterocycles. The van der Waals surface area contributed by atoms with Gasteiger partial charge < -0.3 is 14.8 Å². The van der Waals surface area contributed by atoms with Crippen molar-refractivity contribution >= 4 is 11.6 Å². The Morgan fingerprint density at radius 1 is 1.24 bits per heavy atom. The molecule has 1 aromatic heterocycles. The van der Waals surface area contributed by atoms with Crippen LogP contribution in [0, 0.1) is 0 Å². The number of carbonyl (C=O) groups is 1. The number of para-hydroxylation sites is 1. The molecule has 5 nitrogen and oxygen atoms in total. The van der Waals surface area contributed by atoms with Crippen LogP contribution in [0.4, 0.5) is 14.5 Å². The van der Waals surface area contributed by atoms with Crippen molar-refractivity contribution < 1.29 is 23.0 Å². The highest BCUT2D eigenvalue weighted by Crippen LogP contribution is 2.21. The SMILES string of the molecule is COc1ccc(NC(=O)c2ccccc2OC(F)F)cn1. The number of nitrogens with one attached hydrogen (secondary N) is 1.